The van der Waals surface area contributed by atoms with Crippen LogP contribution in [0.3, 0.4) is 0 Å². The number of thiocarbonyl (C=S) groups is 1. The normalized spacial score (nSPS) is 16.1. The van der Waals surface area contributed by atoms with Crippen molar-refractivity contribution >= 4 is 46.5 Å². The molecule has 1 unspecified atom stereocenters. The van der Waals surface area contributed by atoms with Gasteiger partial charge in [-0.25, -0.2) is 9.18 Å². The van der Waals surface area contributed by atoms with Crippen molar-refractivity contribution in [3.63, 3.8) is 0 Å². The molecule has 2 aromatic rings. The van der Waals surface area contributed by atoms with E-state index >= 15 is 0 Å². The number of carbonyl (C=O) groups is 2. The summed E-state index contributed by atoms with van der Waals surface area (Å²) in [6.45, 7) is 1.77. The molecule has 3 rings (SSSR count). The van der Waals surface area contributed by atoms with Gasteiger partial charge < -0.3 is 15.0 Å². The number of halogens is 2. The van der Waals surface area contributed by atoms with Crippen molar-refractivity contribution in [2.24, 2.45) is 0 Å². The predicted molar refractivity (Wildman–Crippen MR) is 122 cm³/mol. The molecule has 0 bridgehead atoms. The summed E-state index contributed by atoms with van der Waals surface area (Å²) in [7, 11) is 4.63. The molecule has 0 fully saturated rings. The molecule has 1 atom stereocenters. The molecule has 0 saturated carbocycles. The third-order valence-electron chi connectivity index (χ3n) is 4.95. The molecule has 0 aliphatic carbocycles. The Morgan fingerprint density at radius 1 is 1.19 bits per heavy atom. The Balaban J connectivity index is 2.11. The first-order valence-electron chi connectivity index (χ1n) is 9.32. The number of ether oxygens (including phenoxy) is 1. The Hall–Kier alpha value is -2.97. The molecular formula is C22H21ClFN3O3S. The summed E-state index contributed by atoms with van der Waals surface area (Å²) in [5.74, 6) is -1.21. The van der Waals surface area contributed by atoms with Crippen molar-refractivity contribution < 1.29 is 18.7 Å². The van der Waals surface area contributed by atoms with Crippen LogP contribution in [0.15, 0.2) is 53.7 Å². The molecule has 2 aromatic carbocycles. The van der Waals surface area contributed by atoms with Crippen LogP contribution in [0.2, 0.25) is 5.02 Å². The fourth-order valence-corrected chi connectivity index (χ4v) is 3.91. The van der Waals surface area contributed by atoms with Gasteiger partial charge in [0.1, 0.15) is 5.82 Å². The van der Waals surface area contributed by atoms with E-state index in [9.17, 15) is 14.0 Å². The van der Waals surface area contributed by atoms with Crippen LogP contribution >= 0.6 is 23.8 Å². The van der Waals surface area contributed by atoms with Gasteiger partial charge in [0, 0.05) is 25.5 Å². The Labute approximate surface area is 190 Å². The third kappa shape index (κ3) is 4.40. The summed E-state index contributed by atoms with van der Waals surface area (Å²) in [5, 5.41) is 3.48. The minimum absolute atomic E-state index is 0.0471. The predicted octanol–water partition coefficient (Wildman–Crippen LogP) is 4.06. The summed E-state index contributed by atoms with van der Waals surface area (Å²) in [6, 6.07) is 10.5. The minimum Gasteiger partial charge on any atom is -0.465 e. The van der Waals surface area contributed by atoms with Gasteiger partial charge in [-0.3, -0.25) is 9.69 Å². The Morgan fingerprint density at radius 2 is 1.84 bits per heavy atom. The number of allylic oxidation sites excluding steroid dienone is 1. The number of rotatable bonds is 4. The Morgan fingerprint density at radius 3 is 2.39 bits per heavy atom. The lowest BCUT2D eigenvalue weighted by atomic mass is 9.93. The molecule has 1 amide bonds. The van der Waals surface area contributed by atoms with Crippen molar-refractivity contribution in [2.75, 3.05) is 26.1 Å². The van der Waals surface area contributed by atoms with Crippen LogP contribution in [-0.2, 0) is 9.53 Å². The molecule has 162 valence electrons. The molecule has 0 saturated heterocycles. The highest BCUT2D eigenvalue weighted by atomic mass is 35.5. The average molecular weight is 462 g/mol. The van der Waals surface area contributed by atoms with Gasteiger partial charge >= 0.3 is 5.97 Å². The van der Waals surface area contributed by atoms with Crippen molar-refractivity contribution in [1.29, 1.82) is 0 Å². The van der Waals surface area contributed by atoms with Crippen molar-refractivity contribution in [2.45, 2.75) is 13.0 Å². The van der Waals surface area contributed by atoms with Crippen molar-refractivity contribution in [3.8, 4) is 0 Å². The number of likely N-dealkylation sites (N-methyl/N-ethyl adjacent to an activating group) is 1. The molecule has 0 aromatic heterocycles. The highest BCUT2D eigenvalue weighted by molar-refractivity contribution is 7.80. The lowest BCUT2D eigenvalue weighted by Gasteiger charge is -2.38. The fourth-order valence-electron chi connectivity index (χ4n) is 3.38. The second-order valence-electron chi connectivity index (χ2n) is 7.13. The molecule has 0 spiro atoms. The number of nitrogens with one attached hydrogen (secondary N) is 1. The van der Waals surface area contributed by atoms with Gasteiger partial charge in [0.05, 0.1) is 29.3 Å². The molecule has 0 radical (unpaired) electrons. The molecule has 1 aliphatic rings. The second kappa shape index (κ2) is 9.03. The molecule has 1 heterocycles. The van der Waals surface area contributed by atoms with Crippen LogP contribution in [-0.4, -0.2) is 43.1 Å². The fraction of sp³-hybridized carbons (Fsp3) is 0.227. The van der Waals surface area contributed by atoms with Gasteiger partial charge in [-0.05, 0) is 55.0 Å². The van der Waals surface area contributed by atoms with Crippen LogP contribution in [0.25, 0.3) is 0 Å². The smallest absolute Gasteiger partial charge is 0.337 e. The van der Waals surface area contributed by atoms with Crippen LogP contribution in [0, 0.1) is 5.82 Å². The molecule has 1 N–H and O–H groups in total. The van der Waals surface area contributed by atoms with E-state index in [1.165, 1.54) is 24.1 Å². The summed E-state index contributed by atoms with van der Waals surface area (Å²) < 4.78 is 18.4. The maximum atomic E-state index is 13.7. The van der Waals surface area contributed by atoms with Gasteiger partial charge in [0.2, 0.25) is 0 Å². The summed E-state index contributed by atoms with van der Waals surface area (Å²) >= 11 is 11.5. The molecule has 31 heavy (non-hydrogen) atoms. The van der Waals surface area contributed by atoms with Gasteiger partial charge in [-0.1, -0.05) is 23.7 Å². The van der Waals surface area contributed by atoms with E-state index in [1.807, 2.05) is 0 Å². The molecular weight excluding hydrogens is 441 g/mol. The lowest BCUT2D eigenvalue weighted by Crippen LogP contribution is -2.49. The summed E-state index contributed by atoms with van der Waals surface area (Å²) in [6.07, 6.45) is 0. The highest BCUT2D eigenvalue weighted by Crippen LogP contribution is 2.35. The van der Waals surface area contributed by atoms with E-state index in [-0.39, 0.29) is 10.9 Å². The number of hydrogen-bond donors (Lipinski definition) is 1. The van der Waals surface area contributed by atoms with Crippen LogP contribution in [0.4, 0.5) is 10.1 Å². The zero-order chi connectivity index (χ0) is 22.9. The van der Waals surface area contributed by atoms with E-state index < -0.39 is 17.8 Å². The molecule has 1 aliphatic heterocycles. The minimum atomic E-state index is -0.545. The average Bonchev–Trinajstić information content (AvgIpc) is 2.74. The number of amides is 1. The maximum absolute atomic E-state index is 13.7. The number of anilines is 1. The number of carbonyl (C=O) groups excluding carboxylic acids is 2. The van der Waals surface area contributed by atoms with Gasteiger partial charge in [0.15, 0.2) is 5.11 Å². The number of nitrogens with zero attached hydrogens (tertiary/aromatic N) is 2. The van der Waals surface area contributed by atoms with Crippen molar-refractivity contribution in [1.82, 2.24) is 10.2 Å². The zero-order valence-corrected chi connectivity index (χ0v) is 19.0. The maximum Gasteiger partial charge on any atom is 0.337 e. The van der Waals surface area contributed by atoms with Crippen LogP contribution < -0.4 is 10.2 Å². The third-order valence-corrected chi connectivity index (χ3v) is 5.54. The largest absolute Gasteiger partial charge is 0.465 e. The van der Waals surface area contributed by atoms with E-state index in [0.29, 0.717) is 27.6 Å². The SMILES string of the molecule is COC(=O)c1ccc(C2NC(=S)N(c3ccc(F)c(Cl)c3)C(C)=C2C(=O)N(C)C)cc1. The zero-order valence-electron chi connectivity index (χ0n) is 17.4. The van der Waals surface area contributed by atoms with E-state index in [2.05, 4.69) is 5.32 Å². The second-order valence-corrected chi connectivity index (χ2v) is 7.92. The first kappa shape index (κ1) is 22.7. The van der Waals surface area contributed by atoms with E-state index in [1.54, 1.807) is 56.3 Å². The first-order chi connectivity index (χ1) is 14.6. The Bertz CT molecular complexity index is 1090. The molecule has 9 heteroatoms. The summed E-state index contributed by atoms with van der Waals surface area (Å²) in [4.78, 5) is 28.0. The lowest BCUT2D eigenvalue weighted by molar-refractivity contribution is -0.125. The monoisotopic (exact) mass is 461 g/mol. The molecule has 6 nitrogen and oxygen atoms in total. The van der Waals surface area contributed by atoms with Crippen LogP contribution in [0.5, 0.6) is 0 Å². The van der Waals surface area contributed by atoms with Gasteiger partial charge in [-0.2, -0.15) is 0 Å². The Kier molecular flexibility index (Phi) is 6.62. The van der Waals surface area contributed by atoms with E-state index in [0.717, 1.165) is 5.56 Å². The number of hydrogen-bond acceptors (Lipinski definition) is 4. The number of methoxy groups -OCH3 is 1. The quantitative estimate of drug-likeness (QED) is 0.547. The summed E-state index contributed by atoms with van der Waals surface area (Å²) in [5.41, 5.74) is 2.73. The van der Waals surface area contributed by atoms with Crippen molar-refractivity contribution in [3.05, 3.63) is 75.7 Å². The van der Waals surface area contributed by atoms with Gasteiger partial charge in [-0.15, -0.1) is 0 Å². The first-order valence-corrected chi connectivity index (χ1v) is 10.1. The number of benzene rings is 2. The topological polar surface area (TPSA) is 61.9 Å². The number of esters is 1. The van der Waals surface area contributed by atoms with Crippen LogP contribution in [0.1, 0.15) is 28.9 Å². The van der Waals surface area contributed by atoms with Gasteiger partial charge in [0.25, 0.3) is 5.91 Å². The standard InChI is InChI=1S/C22H21ClFN3O3S/c1-12-18(20(28)26(2)3)19(13-5-7-14(8-6-13)21(29)30-4)25-22(31)27(12)15-9-10-17(24)16(23)11-15/h5-11,19H,1-4H3,(H,25,31). The van der Waals surface area contributed by atoms with E-state index in [4.69, 9.17) is 28.6 Å². The highest BCUT2D eigenvalue weighted by Gasteiger charge is 2.35.